The fourth-order valence-electron chi connectivity index (χ4n) is 2.71. The van der Waals surface area contributed by atoms with Crippen molar-refractivity contribution in [2.75, 3.05) is 11.9 Å². The number of carbonyl (C=O) groups is 2. The third-order valence-electron chi connectivity index (χ3n) is 4.20. The number of carbonyl (C=O) groups excluding carboxylic acids is 2. The third-order valence-corrected chi connectivity index (χ3v) is 4.20. The van der Waals surface area contributed by atoms with Gasteiger partial charge in [0.2, 0.25) is 11.7 Å². The van der Waals surface area contributed by atoms with E-state index >= 15 is 0 Å². The van der Waals surface area contributed by atoms with Gasteiger partial charge in [-0.3, -0.25) is 9.59 Å². The molecule has 2 aromatic carbocycles. The van der Waals surface area contributed by atoms with Gasteiger partial charge >= 0.3 is 0 Å². The summed E-state index contributed by atoms with van der Waals surface area (Å²) in [6, 6.07) is 15.0. The molecule has 5 nitrogen and oxygen atoms in total. The van der Waals surface area contributed by atoms with Crippen molar-refractivity contribution in [3.8, 4) is 0 Å². The zero-order valence-corrected chi connectivity index (χ0v) is 14.7. The van der Waals surface area contributed by atoms with Crippen molar-refractivity contribution in [2.45, 2.75) is 0 Å². The highest BCUT2D eigenvalue weighted by molar-refractivity contribution is 6.06. The summed E-state index contributed by atoms with van der Waals surface area (Å²) in [6.45, 7) is 3.49. The number of hydrogen-bond donors (Lipinski definition) is 0. The van der Waals surface area contributed by atoms with Gasteiger partial charge in [-0.1, -0.05) is 36.9 Å². The van der Waals surface area contributed by atoms with Crippen molar-refractivity contribution >= 4 is 34.5 Å². The zero-order chi connectivity index (χ0) is 18.7. The Hall–Kier alpha value is -3.47. The molecule has 1 amide bonds. The second-order valence-electron chi connectivity index (χ2n) is 5.88. The van der Waals surface area contributed by atoms with E-state index in [0.717, 1.165) is 22.3 Å². The molecular weight excluding hydrogens is 326 g/mol. The number of likely N-dealkylation sites (N-methyl/N-ethyl adjacent to an activating group) is 1. The number of hydrogen-bond acceptors (Lipinski definition) is 3. The van der Waals surface area contributed by atoms with Crippen LogP contribution in [0.25, 0.3) is 17.1 Å². The van der Waals surface area contributed by atoms with E-state index in [2.05, 4.69) is 11.6 Å². The van der Waals surface area contributed by atoms with E-state index in [0.29, 0.717) is 5.82 Å². The lowest BCUT2D eigenvalue weighted by molar-refractivity contribution is -0.113. The second kappa shape index (κ2) is 7.19. The average Bonchev–Trinajstić information content (AvgIpc) is 3.02. The van der Waals surface area contributed by atoms with E-state index in [4.69, 9.17) is 0 Å². The number of amides is 1. The van der Waals surface area contributed by atoms with Crippen LogP contribution < -0.4 is 4.90 Å². The predicted molar refractivity (Wildman–Crippen MR) is 104 cm³/mol. The highest BCUT2D eigenvalue weighted by Gasteiger charge is 2.12. The van der Waals surface area contributed by atoms with Crippen LogP contribution in [0.5, 0.6) is 0 Å². The Kier molecular flexibility index (Phi) is 4.80. The summed E-state index contributed by atoms with van der Waals surface area (Å²) in [7, 11) is 3.50. The standard InChI is InChI=1S/C21H19N3O2/c1-4-20(26)23(2)16-9-7-8-15(14-16)12-13-19(25)21-22-17-10-5-6-11-18(17)24(21)3/h4-14H,1H2,2-3H3/b13-12+. The van der Waals surface area contributed by atoms with Crippen molar-refractivity contribution in [1.82, 2.24) is 9.55 Å². The lowest BCUT2D eigenvalue weighted by Gasteiger charge is -2.15. The number of aromatic nitrogens is 2. The lowest BCUT2D eigenvalue weighted by atomic mass is 10.1. The van der Waals surface area contributed by atoms with E-state index in [9.17, 15) is 9.59 Å². The SMILES string of the molecule is C=CC(=O)N(C)c1cccc(/C=C/C(=O)c2nc3ccccc3n2C)c1. The first-order chi connectivity index (χ1) is 12.5. The zero-order valence-electron chi connectivity index (χ0n) is 14.7. The van der Waals surface area contributed by atoms with Gasteiger partial charge in [0.15, 0.2) is 5.82 Å². The van der Waals surface area contributed by atoms with Crippen molar-refractivity contribution in [3.63, 3.8) is 0 Å². The number of para-hydroxylation sites is 2. The number of imidazole rings is 1. The smallest absolute Gasteiger partial charge is 0.250 e. The maximum Gasteiger partial charge on any atom is 0.250 e. The van der Waals surface area contributed by atoms with E-state index < -0.39 is 0 Å². The number of fused-ring (bicyclic) bond motifs is 1. The largest absolute Gasteiger partial charge is 0.324 e. The molecule has 5 heteroatoms. The number of anilines is 1. The van der Waals surface area contributed by atoms with Crippen LogP contribution in [0.4, 0.5) is 5.69 Å². The minimum absolute atomic E-state index is 0.176. The Bertz CT molecular complexity index is 1030. The van der Waals surface area contributed by atoms with E-state index in [1.54, 1.807) is 17.7 Å². The van der Waals surface area contributed by atoms with Gasteiger partial charge in [-0.2, -0.15) is 0 Å². The molecule has 0 atom stereocenters. The quantitative estimate of drug-likeness (QED) is 0.524. The summed E-state index contributed by atoms with van der Waals surface area (Å²) >= 11 is 0. The van der Waals surface area contributed by atoms with Crippen LogP contribution in [-0.4, -0.2) is 28.3 Å². The van der Waals surface area contributed by atoms with Gasteiger partial charge in [-0.25, -0.2) is 4.98 Å². The second-order valence-corrected chi connectivity index (χ2v) is 5.88. The molecule has 0 radical (unpaired) electrons. The van der Waals surface area contributed by atoms with Gasteiger partial charge in [-0.05, 0) is 42.0 Å². The molecule has 0 bridgehead atoms. The van der Waals surface area contributed by atoms with E-state index in [1.165, 1.54) is 17.1 Å². The van der Waals surface area contributed by atoms with Crippen molar-refractivity contribution < 1.29 is 9.59 Å². The minimum atomic E-state index is -0.193. The highest BCUT2D eigenvalue weighted by atomic mass is 16.2. The summed E-state index contributed by atoms with van der Waals surface area (Å²) in [5.41, 5.74) is 3.25. The molecule has 0 saturated heterocycles. The molecule has 1 aromatic heterocycles. The van der Waals surface area contributed by atoms with Crippen LogP contribution in [0.3, 0.4) is 0 Å². The first kappa shape index (κ1) is 17.4. The summed E-state index contributed by atoms with van der Waals surface area (Å²) in [5, 5.41) is 0. The Balaban J connectivity index is 1.85. The molecule has 1 heterocycles. The molecule has 0 N–H and O–H groups in total. The van der Waals surface area contributed by atoms with E-state index in [1.807, 2.05) is 55.6 Å². The molecule has 0 aliphatic heterocycles. The summed E-state index contributed by atoms with van der Waals surface area (Å²) in [4.78, 5) is 30.2. The molecule has 0 unspecified atom stereocenters. The molecule has 0 spiro atoms. The predicted octanol–water partition coefficient (Wildman–Crippen LogP) is 3.62. The molecule has 3 rings (SSSR count). The van der Waals surface area contributed by atoms with Crippen LogP contribution in [-0.2, 0) is 11.8 Å². The van der Waals surface area contributed by atoms with Gasteiger partial charge < -0.3 is 9.47 Å². The van der Waals surface area contributed by atoms with Gasteiger partial charge in [-0.15, -0.1) is 0 Å². The fraction of sp³-hybridized carbons (Fsp3) is 0.0952. The number of nitrogens with zero attached hydrogens (tertiary/aromatic N) is 3. The molecular formula is C21H19N3O2. The first-order valence-corrected chi connectivity index (χ1v) is 8.15. The monoisotopic (exact) mass is 345 g/mol. The molecule has 0 fully saturated rings. The number of ketones is 1. The third kappa shape index (κ3) is 3.32. The summed E-state index contributed by atoms with van der Waals surface area (Å²) in [6.07, 6.45) is 4.48. The lowest BCUT2D eigenvalue weighted by Crippen LogP contribution is -2.23. The van der Waals surface area contributed by atoms with Crippen LogP contribution >= 0.6 is 0 Å². The summed E-state index contributed by atoms with van der Waals surface area (Å²) in [5.74, 6) is 0.0177. The number of benzene rings is 2. The van der Waals surface area contributed by atoms with Gasteiger partial charge in [0, 0.05) is 19.8 Å². The van der Waals surface area contributed by atoms with Crippen molar-refractivity contribution in [2.24, 2.45) is 7.05 Å². The van der Waals surface area contributed by atoms with Crippen LogP contribution in [0.1, 0.15) is 16.2 Å². The number of rotatable bonds is 5. The molecule has 3 aromatic rings. The normalized spacial score (nSPS) is 11.0. The van der Waals surface area contributed by atoms with Crippen molar-refractivity contribution in [3.05, 3.63) is 78.6 Å². The highest BCUT2D eigenvalue weighted by Crippen LogP contribution is 2.18. The Morgan fingerprint density at radius 1 is 1.15 bits per heavy atom. The molecule has 0 saturated carbocycles. The number of aryl methyl sites for hydroxylation is 1. The summed E-state index contributed by atoms with van der Waals surface area (Å²) < 4.78 is 1.79. The minimum Gasteiger partial charge on any atom is -0.324 e. The van der Waals surface area contributed by atoms with Crippen LogP contribution in [0.2, 0.25) is 0 Å². The molecule has 0 aliphatic rings. The Morgan fingerprint density at radius 3 is 2.65 bits per heavy atom. The van der Waals surface area contributed by atoms with Gasteiger partial charge in [0.05, 0.1) is 11.0 Å². The molecule has 26 heavy (non-hydrogen) atoms. The Morgan fingerprint density at radius 2 is 1.92 bits per heavy atom. The maximum absolute atomic E-state index is 12.5. The maximum atomic E-state index is 12.5. The van der Waals surface area contributed by atoms with Crippen LogP contribution in [0, 0.1) is 0 Å². The van der Waals surface area contributed by atoms with Gasteiger partial charge in [0.25, 0.3) is 0 Å². The molecule has 130 valence electrons. The molecule has 0 aliphatic carbocycles. The fourth-order valence-corrected chi connectivity index (χ4v) is 2.71. The van der Waals surface area contributed by atoms with Gasteiger partial charge in [0.1, 0.15) is 0 Å². The topological polar surface area (TPSA) is 55.2 Å². The van der Waals surface area contributed by atoms with E-state index in [-0.39, 0.29) is 11.7 Å². The Labute approximate surface area is 151 Å². The first-order valence-electron chi connectivity index (χ1n) is 8.15. The van der Waals surface area contributed by atoms with Crippen LogP contribution in [0.15, 0.2) is 67.3 Å². The number of allylic oxidation sites excluding steroid dienone is 1. The average molecular weight is 345 g/mol. The van der Waals surface area contributed by atoms with Crippen molar-refractivity contribution in [1.29, 1.82) is 0 Å².